The Labute approximate surface area is 177 Å². The largest absolute Gasteiger partial charge is 0.344 e. The lowest BCUT2D eigenvalue weighted by Crippen LogP contribution is -2.47. The van der Waals surface area contributed by atoms with E-state index in [0.717, 1.165) is 34.9 Å². The number of carbonyl (C=O) groups is 2. The molecule has 0 aromatic heterocycles. The van der Waals surface area contributed by atoms with E-state index in [1.54, 1.807) is 0 Å². The van der Waals surface area contributed by atoms with Gasteiger partial charge in [-0.05, 0) is 64.8 Å². The molecule has 3 aromatic carbocycles. The van der Waals surface area contributed by atoms with Gasteiger partial charge < -0.3 is 10.6 Å². The summed E-state index contributed by atoms with van der Waals surface area (Å²) in [5.74, 6) is -0.334. The first-order chi connectivity index (χ1) is 14.5. The minimum atomic E-state index is -0.583. The van der Waals surface area contributed by atoms with Crippen molar-refractivity contribution in [3.05, 3.63) is 77.4 Å². The molecule has 0 bridgehead atoms. The Bertz CT molecular complexity index is 1080. The van der Waals surface area contributed by atoms with Crippen LogP contribution in [-0.4, -0.2) is 17.9 Å². The van der Waals surface area contributed by atoms with Crippen LogP contribution in [0.1, 0.15) is 37.0 Å². The van der Waals surface area contributed by atoms with Crippen LogP contribution >= 0.6 is 0 Å². The van der Waals surface area contributed by atoms with Crippen LogP contribution < -0.4 is 10.6 Å². The van der Waals surface area contributed by atoms with Crippen LogP contribution in [0.25, 0.3) is 10.8 Å². The lowest BCUT2D eigenvalue weighted by molar-refractivity contribution is -0.127. The van der Waals surface area contributed by atoms with Gasteiger partial charge in [-0.1, -0.05) is 62.4 Å². The Balaban J connectivity index is 1.45. The molecule has 2 N–H and O–H groups in total. The van der Waals surface area contributed by atoms with Crippen LogP contribution in [0.3, 0.4) is 0 Å². The van der Waals surface area contributed by atoms with E-state index in [-0.39, 0.29) is 24.2 Å². The summed E-state index contributed by atoms with van der Waals surface area (Å²) in [6, 6.07) is 19.5. The zero-order valence-electron chi connectivity index (χ0n) is 17.6. The zero-order chi connectivity index (χ0) is 21.1. The Hall–Kier alpha value is -3.14. The molecule has 4 heteroatoms. The molecule has 0 aliphatic heterocycles. The summed E-state index contributed by atoms with van der Waals surface area (Å²) in [5, 5.41) is 8.13. The summed E-state index contributed by atoms with van der Waals surface area (Å²) in [5.41, 5.74) is 4.45. The molecule has 4 nitrogen and oxygen atoms in total. The number of hydrogen-bond acceptors (Lipinski definition) is 2. The van der Waals surface area contributed by atoms with Gasteiger partial charge in [-0.3, -0.25) is 9.59 Å². The van der Waals surface area contributed by atoms with Crippen molar-refractivity contribution in [3.63, 3.8) is 0 Å². The average Bonchev–Trinajstić information content (AvgIpc) is 3.20. The number of hydrogen-bond donors (Lipinski definition) is 2. The van der Waals surface area contributed by atoms with Crippen LogP contribution in [-0.2, 0) is 28.9 Å². The third-order valence-electron chi connectivity index (χ3n) is 5.86. The lowest BCUT2D eigenvalue weighted by Gasteiger charge is -2.22. The Morgan fingerprint density at radius 2 is 1.70 bits per heavy atom. The number of nitrogens with one attached hydrogen (secondary N) is 2. The Kier molecular flexibility index (Phi) is 5.84. The van der Waals surface area contributed by atoms with Gasteiger partial charge in [0.05, 0.1) is 6.42 Å². The van der Waals surface area contributed by atoms with Crippen molar-refractivity contribution in [3.8, 4) is 0 Å². The number of rotatable bonds is 6. The fourth-order valence-corrected chi connectivity index (χ4v) is 4.25. The first-order valence-electron chi connectivity index (χ1n) is 10.7. The first-order valence-corrected chi connectivity index (χ1v) is 10.7. The molecule has 0 unspecified atom stereocenters. The number of anilines is 1. The highest BCUT2D eigenvalue weighted by Gasteiger charge is 2.25. The van der Waals surface area contributed by atoms with Gasteiger partial charge in [0.15, 0.2) is 0 Å². The van der Waals surface area contributed by atoms with Gasteiger partial charge in [0, 0.05) is 5.69 Å². The van der Waals surface area contributed by atoms with Gasteiger partial charge in [0.1, 0.15) is 6.04 Å². The van der Waals surface area contributed by atoms with Crippen molar-refractivity contribution in [2.75, 3.05) is 5.32 Å². The molecule has 1 aliphatic rings. The number of carbonyl (C=O) groups excluding carboxylic acids is 2. The minimum absolute atomic E-state index is 0.0177. The summed E-state index contributed by atoms with van der Waals surface area (Å²) in [6.07, 6.45) is 3.60. The van der Waals surface area contributed by atoms with E-state index < -0.39 is 6.04 Å². The van der Waals surface area contributed by atoms with E-state index in [9.17, 15) is 9.59 Å². The van der Waals surface area contributed by atoms with Gasteiger partial charge >= 0.3 is 0 Å². The molecular weight excluding hydrogens is 372 g/mol. The maximum Gasteiger partial charge on any atom is 0.247 e. The molecule has 0 fully saturated rings. The highest BCUT2D eigenvalue weighted by atomic mass is 16.2. The standard InChI is InChI=1S/C26H28N2O2/c1-17(2)25(26(30)27-22-14-13-18-8-5-10-20(18)15-22)28-24(29)16-21-11-6-9-19-7-3-4-12-23(19)21/h3-4,6-7,9,11-15,17,25H,5,8,10,16H2,1-2H3,(H,27,30)(H,28,29)/t25-/m0/s1. The molecule has 0 radical (unpaired) electrons. The van der Waals surface area contributed by atoms with Gasteiger partial charge in [0.25, 0.3) is 0 Å². The number of benzene rings is 3. The fraction of sp³-hybridized carbons (Fsp3) is 0.308. The number of aryl methyl sites for hydroxylation is 2. The van der Waals surface area contributed by atoms with Crippen molar-refractivity contribution in [1.82, 2.24) is 5.32 Å². The Morgan fingerprint density at radius 3 is 2.53 bits per heavy atom. The van der Waals surface area contributed by atoms with Crippen LogP contribution in [0, 0.1) is 5.92 Å². The number of amides is 2. The van der Waals surface area contributed by atoms with Crippen LogP contribution in [0.2, 0.25) is 0 Å². The molecule has 0 saturated carbocycles. The van der Waals surface area contributed by atoms with Crippen molar-refractivity contribution in [2.45, 2.75) is 45.6 Å². The molecule has 1 aliphatic carbocycles. The average molecular weight is 401 g/mol. The second-order valence-electron chi connectivity index (χ2n) is 8.43. The molecule has 30 heavy (non-hydrogen) atoms. The fourth-order valence-electron chi connectivity index (χ4n) is 4.25. The van der Waals surface area contributed by atoms with Gasteiger partial charge in [0.2, 0.25) is 11.8 Å². The molecule has 3 aromatic rings. The molecule has 154 valence electrons. The van der Waals surface area contributed by atoms with E-state index in [1.807, 2.05) is 62.4 Å². The maximum absolute atomic E-state index is 12.9. The topological polar surface area (TPSA) is 58.2 Å². The SMILES string of the molecule is CC(C)[C@H](NC(=O)Cc1cccc2ccccc12)C(=O)Nc1ccc2c(c1)CCC2. The zero-order valence-corrected chi connectivity index (χ0v) is 17.6. The maximum atomic E-state index is 12.9. The summed E-state index contributed by atoms with van der Waals surface area (Å²) >= 11 is 0. The van der Waals surface area contributed by atoms with Crippen LogP contribution in [0.5, 0.6) is 0 Å². The molecule has 4 rings (SSSR count). The first kappa shape index (κ1) is 20.1. The molecule has 2 amide bonds. The lowest BCUT2D eigenvalue weighted by atomic mass is 10.00. The molecule has 0 heterocycles. The van der Waals surface area contributed by atoms with Crippen molar-refractivity contribution in [1.29, 1.82) is 0 Å². The quantitative estimate of drug-likeness (QED) is 0.633. The summed E-state index contributed by atoms with van der Waals surface area (Å²) < 4.78 is 0. The van der Waals surface area contributed by atoms with E-state index >= 15 is 0 Å². The number of fused-ring (bicyclic) bond motifs is 2. The van der Waals surface area contributed by atoms with Gasteiger partial charge in [-0.2, -0.15) is 0 Å². The predicted molar refractivity (Wildman–Crippen MR) is 122 cm³/mol. The van der Waals surface area contributed by atoms with E-state index in [2.05, 4.69) is 22.8 Å². The van der Waals surface area contributed by atoms with E-state index in [4.69, 9.17) is 0 Å². The predicted octanol–water partition coefficient (Wildman–Crippen LogP) is 4.65. The van der Waals surface area contributed by atoms with E-state index in [1.165, 1.54) is 17.5 Å². The van der Waals surface area contributed by atoms with Gasteiger partial charge in [-0.15, -0.1) is 0 Å². The molecule has 1 atom stereocenters. The summed E-state index contributed by atoms with van der Waals surface area (Å²) in [4.78, 5) is 25.7. The summed E-state index contributed by atoms with van der Waals surface area (Å²) in [7, 11) is 0. The third-order valence-corrected chi connectivity index (χ3v) is 5.86. The van der Waals surface area contributed by atoms with Crippen molar-refractivity contribution >= 4 is 28.3 Å². The van der Waals surface area contributed by atoms with Crippen molar-refractivity contribution < 1.29 is 9.59 Å². The van der Waals surface area contributed by atoms with Crippen LogP contribution in [0.4, 0.5) is 5.69 Å². The van der Waals surface area contributed by atoms with Crippen molar-refractivity contribution in [2.24, 2.45) is 5.92 Å². The summed E-state index contributed by atoms with van der Waals surface area (Å²) in [6.45, 7) is 3.90. The molecular formula is C26H28N2O2. The molecule has 0 spiro atoms. The third kappa shape index (κ3) is 4.38. The molecule has 0 saturated heterocycles. The minimum Gasteiger partial charge on any atom is -0.344 e. The van der Waals surface area contributed by atoms with Crippen LogP contribution in [0.15, 0.2) is 60.7 Å². The monoisotopic (exact) mass is 400 g/mol. The van der Waals surface area contributed by atoms with Gasteiger partial charge in [-0.25, -0.2) is 0 Å². The second kappa shape index (κ2) is 8.70. The van der Waals surface area contributed by atoms with E-state index in [0.29, 0.717) is 0 Å². The Morgan fingerprint density at radius 1 is 0.933 bits per heavy atom. The smallest absolute Gasteiger partial charge is 0.247 e. The highest BCUT2D eigenvalue weighted by molar-refractivity contribution is 5.98. The second-order valence-corrected chi connectivity index (χ2v) is 8.43. The normalized spacial score (nSPS) is 13.8. The highest BCUT2D eigenvalue weighted by Crippen LogP contribution is 2.25.